The molecule has 0 saturated heterocycles. The zero-order valence-corrected chi connectivity index (χ0v) is 21.5. The van der Waals surface area contributed by atoms with Crippen molar-refractivity contribution in [1.29, 1.82) is 0 Å². The number of aliphatic carboxylic acids is 2. The molecule has 0 aliphatic heterocycles. The molecule has 1 heterocycles. The third-order valence-corrected chi connectivity index (χ3v) is 6.15. The highest BCUT2D eigenvalue weighted by Gasteiger charge is 2.32. The summed E-state index contributed by atoms with van der Waals surface area (Å²) < 4.78 is 0. The molecule has 202 valence electrons. The van der Waals surface area contributed by atoms with Crippen LogP contribution in [0, 0.1) is 5.92 Å². The van der Waals surface area contributed by atoms with Crippen LogP contribution in [-0.2, 0) is 30.4 Å². The minimum Gasteiger partial charge on any atom is -0.481 e. The third kappa shape index (κ3) is 8.50. The molecular formula is C24H33N5O7S. The molecule has 1 aromatic carbocycles. The molecule has 0 fully saturated rings. The summed E-state index contributed by atoms with van der Waals surface area (Å²) in [5, 5.41) is 26.8. The molecule has 8 N–H and O–H groups in total. The second-order valence-electron chi connectivity index (χ2n) is 8.98. The molecule has 13 heteroatoms. The number of carboxylic acids is 2. The van der Waals surface area contributed by atoms with Gasteiger partial charge in [-0.25, -0.2) is 4.79 Å². The van der Waals surface area contributed by atoms with Crippen LogP contribution in [0.2, 0.25) is 0 Å². The molecule has 2 rings (SSSR count). The van der Waals surface area contributed by atoms with Gasteiger partial charge >= 0.3 is 11.9 Å². The lowest BCUT2D eigenvalue weighted by Gasteiger charge is -2.26. The number of H-pyrrole nitrogens is 1. The highest BCUT2D eigenvalue weighted by Crippen LogP contribution is 2.19. The van der Waals surface area contributed by atoms with Crippen molar-refractivity contribution in [2.24, 2.45) is 11.7 Å². The summed E-state index contributed by atoms with van der Waals surface area (Å²) in [7, 11) is 0. The van der Waals surface area contributed by atoms with Crippen molar-refractivity contribution in [2.75, 3.05) is 5.75 Å². The number of hydrogen-bond donors (Lipinski definition) is 8. The van der Waals surface area contributed by atoms with Gasteiger partial charge in [-0.3, -0.25) is 19.2 Å². The van der Waals surface area contributed by atoms with Crippen LogP contribution in [0.1, 0.15) is 32.3 Å². The number of carboxylic acid groups (broad SMARTS) is 2. The predicted octanol–water partition coefficient (Wildman–Crippen LogP) is 0.0273. The second kappa shape index (κ2) is 13.7. The molecule has 0 aliphatic rings. The molecular weight excluding hydrogens is 502 g/mol. The number of thiol groups is 1. The van der Waals surface area contributed by atoms with E-state index in [0.29, 0.717) is 5.56 Å². The van der Waals surface area contributed by atoms with E-state index in [0.717, 1.165) is 10.9 Å². The Hall–Kier alpha value is -3.58. The predicted molar refractivity (Wildman–Crippen MR) is 139 cm³/mol. The highest BCUT2D eigenvalue weighted by molar-refractivity contribution is 7.80. The molecule has 0 saturated carbocycles. The molecule has 0 radical (unpaired) electrons. The van der Waals surface area contributed by atoms with Crippen molar-refractivity contribution in [3.8, 4) is 0 Å². The van der Waals surface area contributed by atoms with Gasteiger partial charge in [0, 0.05) is 35.7 Å². The first kappa shape index (κ1) is 29.6. The van der Waals surface area contributed by atoms with E-state index in [1.54, 1.807) is 20.0 Å². The van der Waals surface area contributed by atoms with Gasteiger partial charge < -0.3 is 36.9 Å². The molecule has 1 aromatic heterocycles. The fraction of sp³-hybridized carbons (Fsp3) is 0.458. The summed E-state index contributed by atoms with van der Waals surface area (Å²) in [6.45, 7) is 3.35. The first-order valence-electron chi connectivity index (χ1n) is 11.7. The molecule has 12 nitrogen and oxygen atoms in total. The Morgan fingerprint density at radius 3 is 2.22 bits per heavy atom. The number of nitrogens with one attached hydrogen (secondary N) is 4. The molecule has 0 spiro atoms. The van der Waals surface area contributed by atoms with Crippen LogP contribution in [0.25, 0.3) is 10.9 Å². The number of rotatable bonds is 14. The number of carbonyl (C=O) groups excluding carboxylic acids is 3. The van der Waals surface area contributed by atoms with E-state index in [9.17, 15) is 29.1 Å². The Morgan fingerprint density at radius 2 is 1.62 bits per heavy atom. The molecule has 0 bridgehead atoms. The van der Waals surface area contributed by atoms with Gasteiger partial charge in [0.15, 0.2) is 0 Å². The number of amides is 3. The first-order valence-corrected chi connectivity index (χ1v) is 12.3. The van der Waals surface area contributed by atoms with E-state index in [4.69, 9.17) is 10.8 Å². The van der Waals surface area contributed by atoms with Crippen LogP contribution < -0.4 is 21.7 Å². The molecule has 37 heavy (non-hydrogen) atoms. The SMILES string of the molecule is CC(C)C(NC(=O)C(CS)NC(=O)C(N)CCC(=O)O)C(=O)NC(Cc1c[nH]c2ccccc12)C(=O)O. The number of aromatic amines is 1. The van der Waals surface area contributed by atoms with Crippen molar-refractivity contribution < 1.29 is 34.2 Å². The average Bonchev–Trinajstić information content (AvgIpc) is 3.25. The Kier molecular flexibility index (Phi) is 10.9. The van der Waals surface area contributed by atoms with Crippen LogP contribution in [0.5, 0.6) is 0 Å². The topological polar surface area (TPSA) is 204 Å². The van der Waals surface area contributed by atoms with Crippen LogP contribution in [0.4, 0.5) is 0 Å². The second-order valence-corrected chi connectivity index (χ2v) is 9.34. The van der Waals surface area contributed by atoms with Gasteiger partial charge in [-0.15, -0.1) is 0 Å². The Bertz CT molecular complexity index is 1140. The summed E-state index contributed by atoms with van der Waals surface area (Å²) in [6.07, 6.45) is 1.28. The maximum Gasteiger partial charge on any atom is 0.326 e. The van der Waals surface area contributed by atoms with Gasteiger partial charge in [0.2, 0.25) is 17.7 Å². The number of para-hydroxylation sites is 1. The minimum atomic E-state index is -1.25. The van der Waals surface area contributed by atoms with Gasteiger partial charge in [-0.2, -0.15) is 12.6 Å². The lowest BCUT2D eigenvalue weighted by molar-refractivity contribution is -0.142. The van der Waals surface area contributed by atoms with Gasteiger partial charge in [-0.05, 0) is 24.0 Å². The lowest BCUT2D eigenvalue weighted by Crippen LogP contribution is -2.59. The smallest absolute Gasteiger partial charge is 0.326 e. The zero-order valence-electron chi connectivity index (χ0n) is 20.6. The molecule has 0 aliphatic carbocycles. The normalized spacial score (nSPS) is 14.4. The van der Waals surface area contributed by atoms with Crippen molar-refractivity contribution in [2.45, 2.75) is 57.3 Å². The van der Waals surface area contributed by atoms with Crippen molar-refractivity contribution in [1.82, 2.24) is 20.9 Å². The molecule has 3 amide bonds. The number of fused-ring (bicyclic) bond motifs is 1. The number of nitrogens with two attached hydrogens (primary N) is 1. The maximum absolute atomic E-state index is 13.0. The Morgan fingerprint density at radius 1 is 0.973 bits per heavy atom. The summed E-state index contributed by atoms with van der Waals surface area (Å²) in [5.41, 5.74) is 7.24. The van der Waals surface area contributed by atoms with E-state index < -0.39 is 59.7 Å². The van der Waals surface area contributed by atoms with Crippen LogP contribution in [-0.4, -0.2) is 74.8 Å². The van der Waals surface area contributed by atoms with E-state index in [2.05, 4.69) is 33.6 Å². The van der Waals surface area contributed by atoms with E-state index in [1.807, 2.05) is 24.3 Å². The molecule has 4 atom stereocenters. The van der Waals surface area contributed by atoms with Crippen LogP contribution in [0.15, 0.2) is 30.5 Å². The summed E-state index contributed by atoms with van der Waals surface area (Å²) in [4.78, 5) is 63.8. The standard InChI is InChI=1S/C24H33N5O7S/c1-12(2)20(29-22(33)18(11-37)28-21(32)15(25)7-8-19(30)31)23(34)27-17(24(35)36)9-13-10-26-16-6-4-3-5-14(13)16/h3-6,10,12,15,17-18,20,26,37H,7-9,11,25H2,1-2H3,(H,27,34)(H,28,32)(H,29,33)(H,30,31)(H,35,36). The molecule has 4 unspecified atom stereocenters. The van der Waals surface area contributed by atoms with E-state index in [-0.39, 0.29) is 25.0 Å². The van der Waals surface area contributed by atoms with Crippen LogP contribution >= 0.6 is 12.6 Å². The van der Waals surface area contributed by atoms with Gasteiger partial charge in [0.25, 0.3) is 0 Å². The average molecular weight is 536 g/mol. The quantitative estimate of drug-likeness (QED) is 0.155. The van der Waals surface area contributed by atoms with Crippen molar-refractivity contribution >= 4 is 53.2 Å². The number of aromatic nitrogens is 1. The fourth-order valence-electron chi connectivity index (χ4n) is 3.65. The summed E-state index contributed by atoms with van der Waals surface area (Å²) >= 11 is 4.08. The minimum absolute atomic E-state index is 0.0212. The van der Waals surface area contributed by atoms with Gasteiger partial charge in [0.05, 0.1) is 6.04 Å². The highest BCUT2D eigenvalue weighted by atomic mass is 32.1. The van der Waals surface area contributed by atoms with Gasteiger partial charge in [-0.1, -0.05) is 32.0 Å². The van der Waals surface area contributed by atoms with Crippen LogP contribution in [0.3, 0.4) is 0 Å². The van der Waals surface area contributed by atoms with Crippen molar-refractivity contribution in [3.05, 3.63) is 36.0 Å². The first-order chi connectivity index (χ1) is 17.4. The largest absolute Gasteiger partial charge is 0.481 e. The lowest BCUT2D eigenvalue weighted by atomic mass is 10.0. The van der Waals surface area contributed by atoms with E-state index >= 15 is 0 Å². The number of hydrogen-bond acceptors (Lipinski definition) is 7. The number of carbonyl (C=O) groups is 5. The summed E-state index contributed by atoms with van der Waals surface area (Å²) in [6, 6.07) is 2.73. The fourth-order valence-corrected chi connectivity index (χ4v) is 3.91. The molecule has 2 aromatic rings. The van der Waals surface area contributed by atoms with Gasteiger partial charge in [0.1, 0.15) is 18.1 Å². The zero-order chi connectivity index (χ0) is 27.7. The third-order valence-electron chi connectivity index (χ3n) is 5.78. The monoisotopic (exact) mass is 535 g/mol. The maximum atomic E-state index is 13.0. The Balaban J connectivity index is 2.07. The number of benzene rings is 1. The van der Waals surface area contributed by atoms with Crippen molar-refractivity contribution in [3.63, 3.8) is 0 Å². The Labute approximate surface area is 219 Å². The van der Waals surface area contributed by atoms with E-state index in [1.165, 1.54) is 0 Å². The summed E-state index contributed by atoms with van der Waals surface area (Å²) in [5.74, 6) is -5.02.